The van der Waals surface area contributed by atoms with E-state index >= 15 is 0 Å². The van der Waals surface area contributed by atoms with Gasteiger partial charge < -0.3 is 9.84 Å². The maximum absolute atomic E-state index is 11.1. The summed E-state index contributed by atoms with van der Waals surface area (Å²) >= 11 is 5.04. The first-order chi connectivity index (χ1) is 14.6. The number of hydrazone groups is 1. The molecule has 7 heteroatoms. The van der Waals surface area contributed by atoms with Crippen LogP contribution in [-0.4, -0.2) is 22.8 Å². The first-order valence-electron chi connectivity index (χ1n) is 9.22. The van der Waals surface area contributed by atoms with E-state index in [1.54, 1.807) is 11.1 Å². The van der Waals surface area contributed by atoms with Crippen molar-refractivity contribution in [1.29, 1.82) is 0 Å². The second kappa shape index (κ2) is 10.8. The van der Waals surface area contributed by atoms with Crippen molar-refractivity contribution in [2.24, 2.45) is 5.10 Å². The second-order valence-electron chi connectivity index (χ2n) is 6.39. The van der Waals surface area contributed by atoms with Crippen LogP contribution in [0.1, 0.15) is 22.4 Å². The molecule has 0 atom stereocenters. The highest BCUT2D eigenvalue weighted by atomic mass is 79.9. The number of ether oxygens (including phenoxy) is 1. The molecular weight excluding hydrogens is 464 g/mol. The lowest BCUT2D eigenvalue weighted by atomic mass is 10.1. The maximum atomic E-state index is 11.1. The summed E-state index contributed by atoms with van der Waals surface area (Å²) in [7, 11) is 0. The predicted molar refractivity (Wildman–Crippen MR) is 125 cm³/mol. The van der Waals surface area contributed by atoms with Crippen LogP contribution in [0.2, 0.25) is 0 Å². The number of carbonyl (C=O) groups is 1. The van der Waals surface area contributed by atoms with Crippen LogP contribution in [0, 0.1) is 0 Å². The molecule has 0 radical (unpaired) electrons. The molecule has 0 saturated carbocycles. The summed E-state index contributed by atoms with van der Waals surface area (Å²) in [6.07, 6.45) is 1.56. The van der Waals surface area contributed by atoms with Gasteiger partial charge in [-0.3, -0.25) is 9.80 Å². The van der Waals surface area contributed by atoms with Gasteiger partial charge in [-0.15, -0.1) is 11.3 Å². The van der Waals surface area contributed by atoms with Crippen LogP contribution in [0.15, 0.2) is 81.7 Å². The fraction of sp³-hybridized carbons (Fsp3) is 0.130. The molecule has 0 saturated heterocycles. The van der Waals surface area contributed by atoms with E-state index in [2.05, 4.69) is 27.7 Å². The predicted octanol–water partition coefficient (Wildman–Crippen LogP) is 6.02. The zero-order chi connectivity index (χ0) is 21.3. The number of halogens is 1. The third-order valence-electron chi connectivity index (χ3n) is 4.27. The number of carboxylic acid groups (broad SMARTS) is 1. The van der Waals surface area contributed by atoms with Gasteiger partial charge in [-0.1, -0.05) is 52.3 Å². The highest BCUT2D eigenvalue weighted by Crippen LogP contribution is 2.31. The Labute approximate surface area is 188 Å². The fourth-order valence-corrected chi connectivity index (χ4v) is 4.04. The standard InChI is InChI=1S/C23H21BrN2O3S/c1-25-26(20(10-12-23(27)28)22-8-5-13-30-22)15-18-14-19(24)9-11-21(18)29-16-17-6-3-2-4-7-17/h2-11,13-14H,1,12,15-16H2,(H,27,28)/b20-10-. The highest BCUT2D eigenvalue weighted by molar-refractivity contribution is 9.10. The van der Waals surface area contributed by atoms with Crippen LogP contribution in [0.5, 0.6) is 5.75 Å². The first kappa shape index (κ1) is 21.8. The highest BCUT2D eigenvalue weighted by Gasteiger charge is 2.16. The van der Waals surface area contributed by atoms with Gasteiger partial charge in [0.05, 0.1) is 23.5 Å². The van der Waals surface area contributed by atoms with Crippen LogP contribution in [-0.2, 0) is 17.9 Å². The molecule has 0 aliphatic rings. The number of aliphatic carboxylic acids is 1. The van der Waals surface area contributed by atoms with Gasteiger partial charge >= 0.3 is 5.97 Å². The SMILES string of the molecule is C=NN(Cc1cc(Br)ccc1OCc1ccccc1)/C(=C\CC(=O)O)c1cccs1. The molecule has 1 N–H and O–H groups in total. The van der Waals surface area contributed by atoms with E-state index in [0.717, 1.165) is 26.2 Å². The number of thiophene rings is 1. The van der Waals surface area contributed by atoms with Crippen molar-refractivity contribution in [3.8, 4) is 5.75 Å². The zero-order valence-corrected chi connectivity index (χ0v) is 18.6. The van der Waals surface area contributed by atoms with E-state index < -0.39 is 5.97 Å². The van der Waals surface area contributed by atoms with Crippen molar-refractivity contribution in [2.45, 2.75) is 19.6 Å². The lowest BCUT2D eigenvalue weighted by molar-refractivity contribution is -0.136. The Morgan fingerprint density at radius 2 is 2.00 bits per heavy atom. The number of nitrogens with zero attached hydrogens (tertiary/aromatic N) is 2. The molecule has 0 aliphatic heterocycles. The smallest absolute Gasteiger partial charge is 0.307 e. The van der Waals surface area contributed by atoms with E-state index in [1.807, 2.05) is 66.0 Å². The van der Waals surface area contributed by atoms with Crippen molar-refractivity contribution >= 4 is 45.7 Å². The van der Waals surface area contributed by atoms with E-state index in [4.69, 9.17) is 9.84 Å². The van der Waals surface area contributed by atoms with E-state index in [9.17, 15) is 4.79 Å². The molecule has 2 aromatic carbocycles. The Morgan fingerprint density at radius 3 is 2.67 bits per heavy atom. The third-order valence-corrected chi connectivity index (χ3v) is 5.66. The fourth-order valence-electron chi connectivity index (χ4n) is 2.86. The average Bonchev–Trinajstić information content (AvgIpc) is 3.27. The van der Waals surface area contributed by atoms with Gasteiger partial charge in [-0.2, -0.15) is 5.10 Å². The quantitative estimate of drug-likeness (QED) is 0.282. The number of hydrogen-bond donors (Lipinski definition) is 1. The van der Waals surface area contributed by atoms with Crippen molar-refractivity contribution < 1.29 is 14.6 Å². The Kier molecular flexibility index (Phi) is 7.82. The normalized spacial score (nSPS) is 11.2. The van der Waals surface area contributed by atoms with Gasteiger partial charge in [0.1, 0.15) is 12.4 Å². The summed E-state index contributed by atoms with van der Waals surface area (Å²) in [6.45, 7) is 4.53. The van der Waals surface area contributed by atoms with E-state index in [0.29, 0.717) is 18.8 Å². The van der Waals surface area contributed by atoms with Crippen LogP contribution < -0.4 is 4.74 Å². The number of rotatable bonds is 10. The monoisotopic (exact) mass is 484 g/mol. The number of hydrogen-bond acceptors (Lipinski definition) is 5. The molecule has 30 heavy (non-hydrogen) atoms. The van der Waals surface area contributed by atoms with Gasteiger partial charge in [-0.25, -0.2) is 0 Å². The summed E-state index contributed by atoms with van der Waals surface area (Å²) in [5.74, 6) is -0.165. The number of benzene rings is 2. The van der Waals surface area contributed by atoms with Gasteiger partial charge in [0.25, 0.3) is 0 Å². The minimum absolute atomic E-state index is 0.102. The molecule has 5 nitrogen and oxygen atoms in total. The van der Waals surface area contributed by atoms with Crippen molar-refractivity contribution in [3.05, 3.63) is 92.6 Å². The lowest BCUT2D eigenvalue weighted by Gasteiger charge is -2.23. The van der Waals surface area contributed by atoms with E-state index in [1.165, 1.54) is 11.3 Å². The molecule has 0 spiro atoms. The summed E-state index contributed by atoms with van der Waals surface area (Å²) in [5.41, 5.74) is 2.69. The third kappa shape index (κ3) is 6.05. The van der Waals surface area contributed by atoms with Crippen LogP contribution in [0.3, 0.4) is 0 Å². The van der Waals surface area contributed by atoms with Crippen molar-refractivity contribution in [3.63, 3.8) is 0 Å². The van der Waals surface area contributed by atoms with Crippen LogP contribution >= 0.6 is 27.3 Å². The Balaban J connectivity index is 1.86. The first-order valence-corrected chi connectivity index (χ1v) is 10.9. The van der Waals surface area contributed by atoms with Gasteiger partial charge in [0, 0.05) is 16.8 Å². The molecule has 1 heterocycles. The Hall–Kier alpha value is -2.90. The zero-order valence-electron chi connectivity index (χ0n) is 16.2. The summed E-state index contributed by atoms with van der Waals surface area (Å²) in [4.78, 5) is 12.1. The van der Waals surface area contributed by atoms with Crippen LogP contribution in [0.4, 0.5) is 0 Å². The molecule has 0 bridgehead atoms. The van der Waals surface area contributed by atoms with Gasteiger partial charge in [-0.05, 0) is 41.3 Å². The Bertz CT molecular complexity index is 1020. The minimum atomic E-state index is -0.901. The van der Waals surface area contributed by atoms with Gasteiger partial charge in [0.2, 0.25) is 0 Å². The average molecular weight is 485 g/mol. The molecule has 3 aromatic rings. The largest absolute Gasteiger partial charge is 0.489 e. The maximum Gasteiger partial charge on any atom is 0.307 e. The second-order valence-corrected chi connectivity index (χ2v) is 8.25. The lowest BCUT2D eigenvalue weighted by Crippen LogP contribution is -2.16. The molecule has 0 aliphatic carbocycles. The van der Waals surface area contributed by atoms with Crippen LogP contribution in [0.25, 0.3) is 5.70 Å². The molecular formula is C23H21BrN2O3S. The summed E-state index contributed by atoms with van der Waals surface area (Å²) in [6, 6.07) is 19.6. The van der Waals surface area contributed by atoms with Gasteiger partial charge in [0.15, 0.2) is 0 Å². The van der Waals surface area contributed by atoms with E-state index in [-0.39, 0.29) is 6.42 Å². The molecule has 0 amide bonds. The Morgan fingerprint density at radius 1 is 1.20 bits per heavy atom. The molecule has 0 fully saturated rings. The number of carboxylic acids is 1. The van der Waals surface area contributed by atoms with Crippen molar-refractivity contribution in [2.75, 3.05) is 0 Å². The molecule has 1 aromatic heterocycles. The molecule has 0 unspecified atom stereocenters. The molecule has 3 rings (SSSR count). The van der Waals surface area contributed by atoms with Crippen molar-refractivity contribution in [1.82, 2.24) is 5.01 Å². The molecule has 154 valence electrons. The summed E-state index contributed by atoms with van der Waals surface area (Å²) < 4.78 is 6.99. The summed E-state index contributed by atoms with van der Waals surface area (Å²) in [5, 5.41) is 16.9. The minimum Gasteiger partial charge on any atom is -0.489 e. The topological polar surface area (TPSA) is 62.1 Å².